The lowest BCUT2D eigenvalue weighted by Crippen LogP contribution is -2.40. The molecule has 1 N–H and O–H groups in total. The van der Waals surface area contributed by atoms with Gasteiger partial charge in [-0.15, -0.1) is 0 Å². The third-order valence-corrected chi connectivity index (χ3v) is 7.26. The molecule has 0 aliphatic carbocycles. The number of piperidine rings is 1. The monoisotopic (exact) mass is 482 g/mol. The number of carbonyl (C=O) groups excluding carboxylic acids is 1. The average Bonchev–Trinajstić information content (AvgIpc) is 3.31. The molecule has 2 aromatic carbocycles. The summed E-state index contributed by atoms with van der Waals surface area (Å²) >= 11 is 1.92. The van der Waals surface area contributed by atoms with Gasteiger partial charge in [-0.25, -0.2) is 4.39 Å². The predicted octanol–water partition coefficient (Wildman–Crippen LogP) is 4.84. The molecule has 0 unspecified atom stereocenters. The lowest BCUT2D eigenvalue weighted by atomic mass is 9.96. The van der Waals surface area contributed by atoms with Crippen molar-refractivity contribution in [2.45, 2.75) is 38.5 Å². The summed E-state index contributed by atoms with van der Waals surface area (Å²) in [6.45, 7) is 5.07. The predicted molar refractivity (Wildman–Crippen MR) is 133 cm³/mol. The van der Waals surface area contributed by atoms with Crippen LogP contribution in [0.3, 0.4) is 0 Å². The summed E-state index contributed by atoms with van der Waals surface area (Å²) in [4.78, 5) is 19.2. The Kier molecular flexibility index (Phi) is 8.71. The van der Waals surface area contributed by atoms with Gasteiger partial charge in [-0.2, -0.15) is 16.7 Å². The molecule has 0 saturated carbocycles. The maximum Gasteiger partial charge on any atom is 0.241 e. The number of nitrogens with zero attached hydrogens (tertiary/aromatic N) is 3. The zero-order valence-electron chi connectivity index (χ0n) is 19.5. The third kappa shape index (κ3) is 6.90. The van der Waals surface area contributed by atoms with Crippen molar-refractivity contribution in [2.24, 2.45) is 5.92 Å². The summed E-state index contributed by atoms with van der Waals surface area (Å²) < 4.78 is 18.5. The first-order chi connectivity index (χ1) is 16.6. The third-order valence-electron chi connectivity index (χ3n) is 6.17. The summed E-state index contributed by atoms with van der Waals surface area (Å²) in [6, 6.07) is 14.5. The smallest absolute Gasteiger partial charge is 0.241 e. The molecule has 4 rings (SSSR count). The molecular weight excluding hydrogens is 451 g/mol. The van der Waals surface area contributed by atoms with Gasteiger partial charge in [-0.3, -0.25) is 9.69 Å². The van der Waals surface area contributed by atoms with E-state index in [1.54, 1.807) is 12.1 Å². The second-order valence-corrected chi connectivity index (χ2v) is 9.80. The molecule has 34 heavy (non-hydrogen) atoms. The minimum Gasteiger partial charge on any atom is -0.356 e. The van der Waals surface area contributed by atoms with E-state index in [9.17, 15) is 9.18 Å². The molecular formula is C26H31FN4O2S. The molecule has 8 heteroatoms. The van der Waals surface area contributed by atoms with Crippen molar-refractivity contribution in [3.8, 4) is 11.4 Å². The van der Waals surface area contributed by atoms with Crippen LogP contribution in [0.15, 0.2) is 53.1 Å². The number of likely N-dealkylation sites (tertiary alicyclic amines) is 1. The van der Waals surface area contributed by atoms with Crippen LogP contribution in [0.4, 0.5) is 4.39 Å². The minimum absolute atomic E-state index is 0.0633. The Labute approximate surface area is 204 Å². The summed E-state index contributed by atoms with van der Waals surface area (Å²) in [5.74, 6) is 2.98. The number of hydrogen-bond donors (Lipinski definition) is 1. The van der Waals surface area contributed by atoms with Crippen LogP contribution in [0.25, 0.3) is 11.4 Å². The molecule has 1 aliphatic heterocycles. The Hall–Kier alpha value is -2.71. The fourth-order valence-electron chi connectivity index (χ4n) is 4.06. The number of rotatable bonds is 10. The molecule has 6 nitrogen and oxygen atoms in total. The molecule has 1 saturated heterocycles. The highest BCUT2D eigenvalue weighted by Gasteiger charge is 2.25. The number of carbonyl (C=O) groups is 1. The van der Waals surface area contributed by atoms with Crippen LogP contribution in [-0.2, 0) is 17.1 Å². The van der Waals surface area contributed by atoms with Crippen LogP contribution < -0.4 is 5.32 Å². The average molecular weight is 483 g/mol. The standard InChI is InChI=1S/C26H31FN4O2S/c1-19-5-2-3-6-22(19)18-34-16-4-13-28-26(32)21-11-14-31(15-12-21)17-24-29-25(30-33-24)20-7-9-23(27)10-8-20/h2-3,5-10,21H,4,11-18H2,1H3,(H,28,32). The Morgan fingerprint density at radius 1 is 1.18 bits per heavy atom. The van der Waals surface area contributed by atoms with Crippen LogP contribution in [0.2, 0.25) is 0 Å². The fraction of sp³-hybridized carbons (Fsp3) is 0.423. The molecule has 1 fully saturated rings. The van der Waals surface area contributed by atoms with Gasteiger partial charge in [0.05, 0.1) is 6.54 Å². The summed E-state index contributed by atoms with van der Waals surface area (Å²) in [7, 11) is 0. The van der Waals surface area contributed by atoms with Gasteiger partial charge in [0.15, 0.2) is 0 Å². The number of nitrogens with one attached hydrogen (secondary N) is 1. The number of aryl methyl sites for hydroxylation is 1. The highest BCUT2D eigenvalue weighted by molar-refractivity contribution is 7.98. The minimum atomic E-state index is -0.295. The van der Waals surface area contributed by atoms with Crippen LogP contribution in [0.5, 0.6) is 0 Å². The van der Waals surface area contributed by atoms with Gasteiger partial charge >= 0.3 is 0 Å². The van der Waals surface area contributed by atoms with Crippen molar-refractivity contribution in [3.05, 3.63) is 71.4 Å². The van der Waals surface area contributed by atoms with E-state index in [0.29, 0.717) is 18.3 Å². The van der Waals surface area contributed by atoms with Gasteiger partial charge in [0.1, 0.15) is 5.82 Å². The van der Waals surface area contributed by atoms with Crippen molar-refractivity contribution >= 4 is 17.7 Å². The van der Waals surface area contributed by atoms with Gasteiger partial charge in [-0.05, 0) is 80.4 Å². The van der Waals surface area contributed by atoms with E-state index in [0.717, 1.165) is 56.0 Å². The zero-order valence-corrected chi connectivity index (χ0v) is 20.3. The summed E-state index contributed by atoms with van der Waals surface area (Å²) in [6.07, 6.45) is 2.63. The summed E-state index contributed by atoms with van der Waals surface area (Å²) in [5, 5.41) is 7.11. The molecule has 2 heterocycles. The molecule has 1 aromatic heterocycles. The fourth-order valence-corrected chi connectivity index (χ4v) is 5.10. The molecule has 3 aromatic rings. The Morgan fingerprint density at radius 2 is 1.94 bits per heavy atom. The zero-order chi connectivity index (χ0) is 23.8. The number of aromatic nitrogens is 2. The lowest BCUT2D eigenvalue weighted by molar-refractivity contribution is -0.126. The highest BCUT2D eigenvalue weighted by Crippen LogP contribution is 2.21. The quantitative estimate of drug-likeness (QED) is 0.417. The first kappa shape index (κ1) is 24.4. The van der Waals surface area contributed by atoms with Gasteiger partial charge in [0.2, 0.25) is 17.6 Å². The number of thioether (sulfide) groups is 1. The number of halogens is 1. The highest BCUT2D eigenvalue weighted by atomic mass is 32.2. The first-order valence-corrected chi connectivity index (χ1v) is 12.9. The van der Waals surface area contributed by atoms with Crippen molar-refractivity contribution < 1.29 is 13.7 Å². The molecule has 0 spiro atoms. The molecule has 0 atom stereocenters. The number of benzene rings is 2. The summed E-state index contributed by atoms with van der Waals surface area (Å²) in [5.41, 5.74) is 3.44. The SMILES string of the molecule is Cc1ccccc1CSCCCNC(=O)C1CCN(Cc2nc(-c3ccc(F)cc3)no2)CC1. The number of hydrogen-bond acceptors (Lipinski definition) is 6. The van der Waals surface area contributed by atoms with Crippen molar-refractivity contribution in [1.29, 1.82) is 0 Å². The van der Waals surface area contributed by atoms with E-state index < -0.39 is 0 Å². The van der Waals surface area contributed by atoms with Gasteiger partial charge in [0, 0.05) is 23.8 Å². The second-order valence-electron chi connectivity index (χ2n) is 8.69. The lowest BCUT2D eigenvalue weighted by Gasteiger charge is -2.30. The molecule has 0 radical (unpaired) electrons. The van der Waals surface area contributed by atoms with Crippen molar-refractivity contribution in [1.82, 2.24) is 20.4 Å². The maximum atomic E-state index is 13.1. The van der Waals surface area contributed by atoms with Crippen molar-refractivity contribution in [3.63, 3.8) is 0 Å². The topological polar surface area (TPSA) is 71.3 Å². The van der Waals surface area contributed by atoms with Gasteiger partial charge in [0.25, 0.3) is 0 Å². The molecule has 180 valence electrons. The molecule has 1 aliphatic rings. The van der Waals surface area contributed by atoms with Crippen LogP contribution in [0, 0.1) is 18.7 Å². The second kappa shape index (κ2) is 12.1. The Morgan fingerprint density at radius 3 is 2.71 bits per heavy atom. The van der Waals surface area contributed by atoms with Crippen LogP contribution in [-0.4, -0.2) is 46.3 Å². The first-order valence-electron chi connectivity index (χ1n) is 11.8. The van der Waals surface area contributed by atoms with Crippen LogP contribution in [0.1, 0.15) is 36.3 Å². The van der Waals surface area contributed by atoms with Crippen molar-refractivity contribution in [2.75, 3.05) is 25.4 Å². The number of amides is 1. The van der Waals surface area contributed by atoms with E-state index in [-0.39, 0.29) is 17.6 Å². The van der Waals surface area contributed by atoms with E-state index in [2.05, 4.69) is 51.5 Å². The van der Waals surface area contributed by atoms with E-state index >= 15 is 0 Å². The van der Waals surface area contributed by atoms with E-state index in [4.69, 9.17) is 4.52 Å². The van der Waals surface area contributed by atoms with E-state index in [1.165, 1.54) is 23.3 Å². The molecule has 1 amide bonds. The maximum absolute atomic E-state index is 13.1. The Balaban J connectivity index is 1.11. The van der Waals surface area contributed by atoms with Gasteiger partial charge < -0.3 is 9.84 Å². The van der Waals surface area contributed by atoms with Gasteiger partial charge in [-0.1, -0.05) is 29.4 Å². The Bertz CT molecular complexity index is 1060. The molecule has 0 bridgehead atoms. The normalized spacial score (nSPS) is 14.9. The van der Waals surface area contributed by atoms with Crippen LogP contribution >= 0.6 is 11.8 Å². The van der Waals surface area contributed by atoms with E-state index in [1.807, 2.05) is 11.8 Å². The largest absolute Gasteiger partial charge is 0.356 e.